The maximum Gasteiger partial charge on any atom is 0.137 e. The van der Waals surface area contributed by atoms with Crippen molar-refractivity contribution < 1.29 is 4.39 Å². The molecule has 0 amide bonds. The highest BCUT2D eigenvalue weighted by atomic mass is 79.9. The summed E-state index contributed by atoms with van der Waals surface area (Å²) in [7, 11) is 0. The third kappa shape index (κ3) is 3.58. The maximum absolute atomic E-state index is 12.9. The molecule has 0 radical (unpaired) electrons. The first kappa shape index (κ1) is 12.0. The summed E-state index contributed by atoms with van der Waals surface area (Å²) < 4.78 is 13.4. The molecule has 0 aromatic heterocycles. The van der Waals surface area contributed by atoms with Crippen LogP contribution in [0.4, 0.5) is 4.39 Å². The van der Waals surface area contributed by atoms with Gasteiger partial charge < -0.3 is 0 Å². The molecule has 0 aliphatic rings. The van der Waals surface area contributed by atoms with Gasteiger partial charge in [-0.05, 0) is 52.4 Å². The van der Waals surface area contributed by atoms with Gasteiger partial charge in [0.05, 0.1) is 4.47 Å². The molecule has 0 saturated carbocycles. The van der Waals surface area contributed by atoms with Crippen LogP contribution in [0.2, 0.25) is 0 Å². The third-order valence-corrected chi connectivity index (χ3v) is 3.31. The summed E-state index contributed by atoms with van der Waals surface area (Å²) in [6.45, 7) is 2.12. The number of rotatable bonds is 4. The Bertz CT molecular complexity index is 301. The lowest BCUT2D eigenvalue weighted by Gasteiger charge is -2.07. The molecule has 1 rings (SSSR count). The molecule has 1 aromatic carbocycles. The molecule has 0 bridgehead atoms. The third-order valence-electron chi connectivity index (χ3n) is 2.17. The average Bonchev–Trinajstić information content (AvgIpc) is 2.19. The minimum absolute atomic E-state index is 0.209. The first-order valence-corrected chi connectivity index (χ1v) is 5.96. The molecular formula is C11H13BrClF. The molecule has 0 fully saturated rings. The van der Waals surface area contributed by atoms with E-state index in [2.05, 4.69) is 22.9 Å². The number of alkyl halides is 1. The van der Waals surface area contributed by atoms with Crippen LogP contribution in [0.25, 0.3) is 0 Å². The summed E-state index contributed by atoms with van der Waals surface area (Å²) in [5.74, 6) is 0.988. The predicted molar refractivity (Wildman–Crippen MR) is 62.3 cm³/mol. The fourth-order valence-electron chi connectivity index (χ4n) is 1.19. The van der Waals surface area contributed by atoms with Gasteiger partial charge in [0.15, 0.2) is 0 Å². The summed E-state index contributed by atoms with van der Waals surface area (Å²) in [6.07, 6.45) is 1.99. The Morgan fingerprint density at radius 1 is 1.50 bits per heavy atom. The molecular weight excluding hydrogens is 266 g/mol. The van der Waals surface area contributed by atoms with Crippen LogP contribution in [-0.2, 0) is 6.42 Å². The lowest BCUT2D eigenvalue weighted by Crippen LogP contribution is -1.98. The van der Waals surface area contributed by atoms with Gasteiger partial charge in [-0.1, -0.05) is 13.0 Å². The van der Waals surface area contributed by atoms with Crippen molar-refractivity contribution in [1.82, 2.24) is 0 Å². The van der Waals surface area contributed by atoms with Crippen LogP contribution in [-0.4, -0.2) is 5.88 Å². The SMILES string of the molecule is CC(CCl)CCc1ccc(F)c(Br)c1. The molecule has 0 nitrogen and oxygen atoms in total. The summed E-state index contributed by atoms with van der Waals surface area (Å²) in [6, 6.07) is 5.14. The standard InChI is InChI=1S/C11H13BrClF/c1-8(7-13)2-3-9-4-5-11(14)10(12)6-9/h4-6,8H,2-3,7H2,1H3. The monoisotopic (exact) mass is 278 g/mol. The van der Waals surface area contributed by atoms with Crippen LogP contribution >= 0.6 is 27.5 Å². The van der Waals surface area contributed by atoms with Gasteiger partial charge >= 0.3 is 0 Å². The minimum atomic E-state index is -0.209. The van der Waals surface area contributed by atoms with E-state index in [1.165, 1.54) is 6.07 Å². The van der Waals surface area contributed by atoms with Gasteiger partial charge in [0.1, 0.15) is 5.82 Å². The van der Waals surface area contributed by atoms with Gasteiger partial charge in [-0.25, -0.2) is 4.39 Å². The van der Waals surface area contributed by atoms with Crippen molar-refractivity contribution in [2.75, 3.05) is 5.88 Å². The van der Waals surface area contributed by atoms with Gasteiger partial charge in [-0.3, -0.25) is 0 Å². The number of halogens is 3. The Kier molecular flexibility index (Phi) is 4.90. The number of benzene rings is 1. The van der Waals surface area contributed by atoms with Crippen LogP contribution in [0.3, 0.4) is 0 Å². The van der Waals surface area contributed by atoms with E-state index in [1.807, 2.05) is 12.1 Å². The van der Waals surface area contributed by atoms with Crippen LogP contribution < -0.4 is 0 Å². The zero-order valence-corrected chi connectivity index (χ0v) is 10.4. The number of hydrogen-bond acceptors (Lipinski definition) is 0. The van der Waals surface area contributed by atoms with Crippen molar-refractivity contribution in [3.8, 4) is 0 Å². The van der Waals surface area contributed by atoms with E-state index >= 15 is 0 Å². The van der Waals surface area contributed by atoms with Crippen LogP contribution in [0.15, 0.2) is 22.7 Å². The van der Waals surface area contributed by atoms with Crippen molar-refractivity contribution in [2.24, 2.45) is 5.92 Å². The number of hydrogen-bond donors (Lipinski definition) is 0. The normalized spacial score (nSPS) is 12.9. The Balaban J connectivity index is 2.55. The topological polar surface area (TPSA) is 0 Å². The van der Waals surface area contributed by atoms with E-state index in [0.29, 0.717) is 16.3 Å². The molecule has 0 aliphatic carbocycles. The Hall–Kier alpha value is -0.0800. The fraction of sp³-hybridized carbons (Fsp3) is 0.455. The molecule has 0 N–H and O–H groups in total. The Morgan fingerprint density at radius 2 is 2.21 bits per heavy atom. The fourth-order valence-corrected chi connectivity index (χ4v) is 1.77. The largest absolute Gasteiger partial charge is 0.206 e. The van der Waals surface area contributed by atoms with Gasteiger partial charge in [0, 0.05) is 5.88 Å². The highest BCUT2D eigenvalue weighted by molar-refractivity contribution is 9.10. The van der Waals surface area contributed by atoms with Crippen molar-refractivity contribution in [2.45, 2.75) is 19.8 Å². The van der Waals surface area contributed by atoms with Crippen molar-refractivity contribution in [3.63, 3.8) is 0 Å². The second-order valence-corrected chi connectivity index (χ2v) is 4.71. The average molecular weight is 280 g/mol. The summed E-state index contributed by atoms with van der Waals surface area (Å²) in [5.41, 5.74) is 1.15. The van der Waals surface area contributed by atoms with Crippen LogP contribution in [0, 0.1) is 11.7 Å². The van der Waals surface area contributed by atoms with Crippen LogP contribution in [0.5, 0.6) is 0 Å². The molecule has 78 valence electrons. The molecule has 1 atom stereocenters. The molecule has 1 unspecified atom stereocenters. The highest BCUT2D eigenvalue weighted by Gasteiger charge is 2.03. The molecule has 0 spiro atoms. The van der Waals surface area contributed by atoms with Gasteiger partial charge in [-0.2, -0.15) is 0 Å². The van der Waals surface area contributed by atoms with Gasteiger partial charge in [-0.15, -0.1) is 11.6 Å². The predicted octanol–water partition coefficient (Wildman–Crippen LogP) is 4.40. The van der Waals surface area contributed by atoms with E-state index in [1.54, 1.807) is 0 Å². The van der Waals surface area contributed by atoms with E-state index in [4.69, 9.17) is 11.6 Å². The summed E-state index contributed by atoms with van der Waals surface area (Å²) in [4.78, 5) is 0. The second kappa shape index (κ2) is 5.72. The highest BCUT2D eigenvalue weighted by Crippen LogP contribution is 2.19. The van der Waals surface area contributed by atoms with Crippen molar-refractivity contribution >= 4 is 27.5 Å². The number of aryl methyl sites for hydroxylation is 1. The Labute approximate surface area is 97.6 Å². The zero-order chi connectivity index (χ0) is 10.6. The summed E-state index contributed by atoms with van der Waals surface area (Å²) >= 11 is 8.87. The van der Waals surface area contributed by atoms with Gasteiger partial charge in [0.25, 0.3) is 0 Å². The molecule has 0 aliphatic heterocycles. The van der Waals surface area contributed by atoms with Gasteiger partial charge in [0.2, 0.25) is 0 Å². The second-order valence-electron chi connectivity index (χ2n) is 3.55. The Morgan fingerprint density at radius 3 is 2.79 bits per heavy atom. The van der Waals surface area contributed by atoms with Crippen molar-refractivity contribution in [3.05, 3.63) is 34.1 Å². The lowest BCUT2D eigenvalue weighted by molar-refractivity contribution is 0.589. The smallest absolute Gasteiger partial charge is 0.137 e. The summed E-state index contributed by atoms with van der Waals surface area (Å²) in [5, 5.41) is 0. The first-order valence-electron chi connectivity index (χ1n) is 4.63. The maximum atomic E-state index is 12.9. The zero-order valence-electron chi connectivity index (χ0n) is 8.06. The molecule has 1 aromatic rings. The minimum Gasteiger partial charge on any atom is -0.206 e. The molecule has 0 heterocycles. The molecule has 0 saturated heterocycles. The quantitative estimate of drug-likeness (QED) is 0.717. The first-order chi connectivity index (χ1) is 6.63. The van der Waals surface area contributed by atoms with E-state index in [0.717, 1.165) is 18.4 Å². The van der Waals surface area contributed by atoms with E-state index < -0.39 is 0 Å². The van der Waals surface area contributed by atoms with Crippen LogP contribution in [0.1, 0.15) is 18.9 Å². The lowest BCUT2D eigenvalue weighted by atomic mass is 10.0. The molecule has 14 heavy (non-hydrogen) atoms. The van der Waals surface area contributed by atoms with E-state index in [9.17, 15) is 4.39 Å². The van der Waals surface area contributed by atoms with E-state index in [-0.39, 0.29) is 5.82 Å². The molecule has 3 heteroatoms. The van der Waals surface area contributed by atoms with Crippen molar-refractivity contribution in [1.29, 1.82) is 0 Å².